The highest BCUT2D eigenvalue weighted by atomic mass is 15.1. The summed E-state index contributed by atoms with van der Waals surface area (Å²) < 4.78 is 0. The van der Waals surface area contributed by atoms with Gasteiger partial charge in [0.2, 0.25) is 5.95 Å². The van der Waals surface area contributed by atoms with Crippen LogP contribution in [-0.4, -0.2) is 19.9 Å². The third kappa shape index (κ3) is 3.09. The van der Waals surface area contributed by atoms with E-state index < -0.39 is 0 Å². The number of nitrogens with one attached hydrogen (secondary N) is 4. The number of nitrogens with zero attached hydrogens (tertiary/aromatic N) is 2. The van der Waals surface area contributed by atoms with E-state index in [-0.39, 0.29) is 0 Å². The summed E-state index contributed by atoms with van der Waals surface area (Å²) >= 11 is 0. The normalized spacial score (nSPS) is 11.1. The first-order valence-corrected chi connectivity index (χ1v) is 9.01. The van der Waals surface area contributed by atoms with Crippen molar-refractivity contribution >= 4 is 44.9 Å². The number of H-pyrrole nitrogens is 2. The third-order valence-electron chi connectivity index (χ3n) is 4.71. The zero-order valence-corrected chi connectivity index (χ0v) is 15.0. The van der Waals surface area contributed by atoms with E-state index in [2.05, 4.69) is 54.8 Å². The number of nitrogens with two attached hydrogens (primary N) is 1. The Balaban J connectivity index is 1.34. The Bertz CT molecular complexity index is 1270. The maximum atomic E-state index is 6.06. The Morgan fingerprint density at radius 1 is 0.893 bits per heavy atom. The van der Waals surface area contributed by atoms with Gasteiger partial charge < -0.3 is 26.3 Å². The molecule has 0 unspecified atom stereocenters. The van der Waals surface area contributed by atoms with E-state index in [0.29, 0.717) is 24.0 Å². The second-order valence-electron chi connectivity index (χ2n) is 6.66. The van der Waals surface area contributed by atoms with Gasteiger partial charge >= 0.3 is 0 Å². The predicted molar refractivity (Wildman–Crippen MR) is 114 cm³/mol. The minimum Gasteiger partial charge on any atom is -0.394 e. The predicted octanol–water partition coefficient (Wildman–Crippen LogP) is 4.38. The first-order valence-electron chi connectivity index (χ1n) is 9.01. The van der Waals surface area contributed by atoms with Gasteiger partial charge in [0.25, 0.3) is 0 Å². The van der Waals surface area contributed by atoms with Crippen LogP contribution in [-0.2, 0) is 6.54 Å². The van der Waals surface area contributed by atoms with E-state index in [9.17, 15) is 0 Å². The lowest BCUT2D eigenvalue weighted by Crippen LogP contribution is -2.07. The van der Waals surface area contributed by atoms with E-state index in [4.69, 9.17) is 5.73 Å². The fraction of sp³-hybridized carbons (Fsp3) is 0.0476. The van der Waals surface area contributed by atoms with Crippen LogP contribution in [0.25, 0.3) is 21.8 Å². The molecule has 3 aromatic heterocycles. The van der Waals surface area contributed by atoms with Crippen molar-refractivity contribution < 1.29 is 0 Å². The van der Waals surface area contributed by atoms with Crippen molar-refractivity contribution in [1.82, 2.24) is 19.9 Å². The van der Waals surface area contributed by atoms with E-state index >= 15 is 0 Å². The van der Waals surface area contributed by atoms with E-state index in [1.165, 1.54) is 5.39 Å². The number of rotatable bonds is 5. The van der Waals surface area contributed by atoms with Gasteiger partial charge in [-0.05, 0) is 52.7 Å². The molecule has 0 aliphatic carbocycles. The van der Waals surface area contributed by atoms with Crippen LogP contribution in [0.3, 0.4) is 0 Å². The molecule has 5 aromatic rings. The van der Waals surface area contributed by atoms with Crippen molar-refractivity contribution in [3.05, 3.63) is 72.7 Å². The minimum absolute atomic E-state index is 0.490. The average molecular weight is 369 g/mol. The second-order valence-corrected chi connectivity index (χ2v) is 6.66. The molecule has 0 aliphatic rings. The first kappa shape index (κ1) is 16.2. The second kappa shape index (κ2) is 6.62. The lowest BCUT2D eigenvalue weighted by atomic mass is 10.1. The molecule has 7 heteroatoms. The van der Waals surface area contributed by atoms with Gasteiger partial charge in [0.15, 0.2) is 5.82 Å². The number of anilines is 4. The highest BCUT2D eigenvalue weighted by Gasteiger charge is 2.06. The van der Waals surface area contributed by atoms with Crippen LogP contribution in [0.1, 0.15) is 5.56 Å². The summed E-state index contributed by atoms with van der Waals surface area (Å²) in [5.41, 5.74) is 10.8. The van der Waals surface area contributed by atoms with Gasteiger partial charge in [-0.3, -0.25) is 0 Å². The number of nitrogen functional groups attached to an aromatic ring is 1. The van der Waals surface area contributed by atoms with Crippen molar-refractivity contribution in [3.8, 4) is 0 Å². The molecule has 6 N–H and O–H groups in total. The van der Waals surface area contributed by atoms with Crippen molar-refractivity contribution in [1.29, 1.82) is 0 Å². The number of aromatic nitrogens is 4. The lowest BCUT2D eigenvalue weighted by molar-refractivity contribution is 1.09. The van der Waals surface area contributed by atoms with Gasteiger partial charge in [-0.2, -0.15) is 4.98 Å². The van der Waals surface area contributed by atoms with Crippen LogP contribution < -0.4 is 16.4 Å². The Morgan fingerprint density at radius 2 is 1.75 bits per heavy atom. The molecular formula is C21H19N7. The smallest absolute Gasteiger partial charge is 0.229 e. The van der Waals surface area contributed by atoms with Gasteiger partial charge in [-0.15, -0.1) is 0 Å². The van der Waals surface area contributed by atoms with E-state index in [0.717, 1.165) is 27.7 Å². The third-order valence-corrected chi connectivity index (χ3v) is 4.71. The number of hydrogen-bond donors (Lipinski definition) is 5. The molecule has 2 aromatic carbocycles. The molecule has 28 heavy (non-hydrogen) atoms. The molecular weight excluding hydrogens is 350 g/mol. The molecule has 0 saturated carbocycles. The summed E-state index contributed by atoms with van der Waals surface area (Å²) in [5, 5.41) is 8.87. The molecule has 7 nitrogen and oxygen atoms in total. The van der Waals surface area contributed by atoms with E-state index in [1.54, 1.807) is 6.20 Å². The van der Waals surface area contributed by atoms with Gasteiger partial charge in [0, 0.05) is 35.7 Å². The van der Waals surface area contributed by atoms with Crippen LogP contribution >= 0.6 is 0 Å². The van der Waals surface area contributed by atoms with E-state index in [1.807, 2.05) is 36.7 Å². The SMILES string of the molecule is Nc1cnc(Nc2ccc3cc[nH]c3c2)nc1NCc1ccc2[nH]ccc2c1. The molecule has 138 valence electrons. The summed E-state index contributed by atoms with van der Waals surface area (Å²) in [6.07, 6.45) is 5.47. The molecule has 0 saturated heterocycles. The summed E-state index contributed by atoms with van der Waals surface area (Å²) in [4.78, 5) is 15.2. The van der Waals surface area contributed by atoms with Gasteiger partial charge in [-0.1, -0.05) is 12.1 Å². The van der Waals surface area contributed by atoms with Gasteiger partial charge in [-0.25, -0.2) is 4.98 Å². The Kier molecular flexibility index (Phi) is 3.83. The minimum atomic E-state index is 0.490. The Hall–Kier alpha value is -4.00. The molecule has 0 fully saturated rings. The summed E-state index contributed by atoms with van der Waals surface area (Å²) in [6.45, 7) is 0.621. The van der Waals surface area contributed by atoms with Crippen LogP contribution in [0.15, 0.2) is 67.1 Å². The highest BCUT2D eigenvalue weighted by molar-refractivity contribution is 5.83. The summed E-state index contributed by atoms with van der Waals surface area (Å²) in [6, 6.07) is 16.4. The average Bonchev–Trinajstić information content (AvgIpc) is 3.36. The quantitative estimate of drug-likeness (QED) is 0.316. The van der Waals surface area contributed by atoms with Crippen molar-refractivity contribution in [2.45, 2.75) is 6.54 Å². The maximum absolute atomic E-state index is 6.06. The van der Waals surface area contributed by atoms with Crippen molar-refractivity contribution in [2.24, 2.45) is 0 Å². The fourth-order valence-electron chi connectivity index (χ4n) is 3.25. The maximum Gasteiger partial charge on any atom is 0.229 e. The number of benzene rings is 2. The monoisotopic (exact) mass is 369 g/mol. The molecule has 0 atom stereocenters. The molecule has 5 rings (SSSR count). The number of hydrogen-bond acceptors (Lipinski definition) is 5. The topological polar surface area (TPSA) is 107 Å². The highest BCUT2D eigenvalue weighted by Crippen LogP contribution is 2.23. The molecule has 3 heterocycles. The summed E-state index contributed by atoms with van der Waals surface area (Å²) in [5.74, 6) is 1.09. The fourth-order valence-corrected chi connectivity index (χ4v) is 3.25. The van der Waals surface area contributed by atoms with Gasteiger partial charge in [0.1, 0.15) is 0 Å². The first-order chi connectivity index (χ1) is 13.7. The zero-order chi connectivity index (χ0) is 18.9. The van der Waals surface area contributed by atoms with Crippen LogP contribution in [0.4, 0.5) is 23.1 Å². The largest absolute Gasteiger partial charge is 0.394 e. The Morgan fingerprint density at radius 3 is 2.68 bits per heavy atom. The van der Waals surface area contributed by atoms with Crippen LogP contribution in [0, 0.1) is 0 Å². The van der Waals surface area contributed by atoms with Crippen molar-refractivity contribution in [2.75, 3.05) is 16.4 Å². The molecule has 0 spiro atoms. The summed E-state index contributed by atoms with van der Waals surface area (Å²) in [7, 11) is 0. The lowest BCUT2D eigenvalue weighted by Gasteiger charge is -2.11. The standard InChI is InChI=1S/C21H19N7/c22-17-12-26-21(27-16-3-2-14-5-7-24-19(14)10-16)28-20(17)25-11-13-1-4-18-15(9-13)6-8-23-18/h1-10,12,23-24H,11,22H2,(H2,25,26,27,28). The molecule has 0 aliphatic heterocycles. The molecule has 0 amide bonds. The molecule has 0 bridgehead atoms. The van der Waals surface area contributed by atoms with Crippen molar-refractivity contribution in [3.63, 3.8) is 0 Å². The number of aromatic amines is 2. The molecule has 0 radical (unpaired) electrons. The zero-order valence-electron chi connectivity index (χ0n) is 15.0. The van der Waals surface area contributed by atoms with Crippen LogP contribution in [0.5, 0.6) is 0 Å². The number of fused-ring (bicyclic) bond motifs is 2. The Labute approximate surface area is 161 Å². The van der Waals surface area contributed by atoms with Crippen LogP contribution in [0.2, 0.25) is 0 Å². The van der Waals surface area contributed by atoms with Gasteiger partial charge in [0.05, 0.1) is 11.9 Å².